The SMILES string of the molecule is CCCCCN(C(=O)C(CS)NC(=O)OC(C)(C)C)C(C(=O)NCCC(=O)OCC)c1cc(C)ccc1C. The molecular weight excluding hydrogens is 506 g/mol. The van der Waals surface area contributed by atoms with E-state index in [2.05, 4.69) is 30.2 Å². The molecule has 38 heavy (non-hydrogen) atoms. The minimum Gasteiger partial charge on any atom is -0.466 e. The first-order valence-corrected chi connectivity index (χ1v) is 13.9. The van der Waals surface area contributed by atoms with Crippen molar-refractivity contribution in [2.45, 2.75) is 91.8 Å². The molecule has 0 aliphatic rings. The van der Waals surface area contributed by atoms with Crippen molar-refractivity contribution in [3.63, 3.8) is 0 Å². The zero-order valence-electron chi connectivity index (χ0n) is 23.9. The summed E-state index contributed by atoms with van der Waals surface area (Å²) in [4.78, 5) is 53.4. The highest BCUT2D eigenvalue weighted by Gasteiger charge is 2.36. The molecule has 2 N–H and O–H groups in total. The molecule has 3 amide bonds. The van der Waals surface area contributed by atoms with Crippen LogP contribution in [-0.4, -0.2) is 65.9 Å². The van der Waals surface area contributed by atoms with Crippen LogP contribution in [0.3, 0.4) is 0 Å². The highest BCUT2D eigenvalue weighted by atomic mass is 32.1. The van der Waals surface area contributed by atoms with Crippen molar-refractivity contribution in [2.24, 2.45) is 0 Å². The first kappa shape index (κ1) is 33.3. The number of carbonyl (C=O) groups is 4. The summed E-state index contributed by atoms with van der Waals surface area (Å²) in [6.45, 7) is 13.4. The molecule has 2 unspecified atom stereocenters. The topological polar surface area (TPSA) is 114 Å². The molecular formula is C28H45N3O6S. The number of ether oxygens (including phenoxy) is 2. The van der Waals surface area contributed by atoms with Crippen LogP contribution in [0.1, 0.15) is 83.0 Å². The summed E-state index contributed by atoms with van der Waals surface area (Å²) in [6.07, 6.45) is 1.74. The van der Waals surface area contributed by atoms with Crippen molar-refractivity contribution >= 4 is 36.5 Å². The maximum Gasteiger partial charge on any atom is 0.408 e. The van der Waals surface area contributed by atoms with Gasteiger partial charge in [-0.2, -0.15) is 12.6 Å². The third kappa shape index (κ3) is 11.3. The van der Waals surface area contributed by atoms with Gasteiger partial charge in [0.15, 0.2) is 0 Å². The van der Waals surface area contributed by atoms with Gasteiger partial charge in [0.1, 0.15) is 17.7 Å². The second-order valence-electron chi connectivity index (χ2n) is 10.2. The zero-order chi connectivity index (χ0) is 28.9. The van der Waals surface area contributed by atoms with Gasteiger partial charge >= 0.3 is 12.1 Å². The maximum atomic E-state index is 13.9. The average molecular weight is 552 g/mol. The molecule has 0 saturated carbocycles. The van der Waals surface area contributed by atoms with Crippen LogP contribution in [0.4, 0.5) is 4.79 Å². The predicted octanol–water partition coefficient (Wildman–Crippen LogP) is 4.26. The summed E-state index contributed by atoms with van der Waals surface area (Å²) in [5.41, 5.74) is 1.72. The van der Waals surface area contributed by atoms with Gasteiger partial charge < -0.3 is 25.0 Å². The summed E-state index contributed by atoms with van der Waals surface area (Å²) >= 11 is 4.32. The second kappa shape index (κ2) is 16.3. The Labute approximate surface area is 232 Å². The normalized spacial score (nSPS) is 12.7. The molecule has 0 bridgehead atoms. The molecule has 0 spiro atoms. The van der Waals surface area contributed by atoms with Gasteiger partial charge in [0.05, 0.1) is 13.0 Å². The lowest BCUT2D eigenvalue weighted by Gasteiger charge is -2.35. The van der Waals surface area contributed by atoms with Crippen LogP contribution in [0.2, 0.25) is 0 Å². The van der Waals surface area contributed by atoms with Gasteiger partial charge in [0, 0.05) is 18.8 Å². The summed E-state index contributed by atoms with van der Waals surface area (Å²) in [5, 5.41) is 5.42. The van der Waals surface area contributed by atoms with E-state index in [0.717, 1.165) is 24.0 Å². The third-order valence-electron chi connectivity index (χ3n) is 5.68. The minimum atomic E-state index is -1.00. The van der Waals surface area contributed by atoms with Crippen LogP contribution in [0.5, 0.6) is 0 Å². The van der Waals surface area contributed by atoms with Crippen LogP contribution >= 0.6 is 12.6 Å². The van der Waals surface area contributed by atoms with Gasteiger partial charge in [0.2, 0.25) is 11.8 Å². The standard InChI is InChI=1S/C28H45N3O6S/c1-8-10-11-16-31(26(34)22(18-38)30-27(35)37-28(5,6)7)24(21-17-19(3)12-13-20(21)4)25(33)29-15-14-23(32)36-9-2/h12-13,17,22,24,38H,8-11,14-16,18H2,1-7H3,(H,29,33)(H,30,35). The number of unbranched alkanes of at least 4 members (excludes halogenated alkanes) is 2. The molecule has 0 aromatic heterocycles. The predicted molar refractivity (Wildman–Crippen MR) is 151 cm³/mol. The lowest BCUT2D eigenvalue weighted by Crippen LogP contribution is -2.54. The lowest BCUT2D eigenvalue weighted by molar-refractivity contribution is -0.144. The number of aryl methyl sites for hydroxylation is 2. The van der Waals surface area contributed by atoms with E-state index in [-0.39, 0.29) is 25.3 Å². The highest BCUT2D eigenvalue weighted by Crippen LogP contribution is 2.27. The Balaban J connectivity index is 3.40. The summed E-state index contributed by atoms with van der Waals surface area (Å²) in [7, 11) is 0. The molecule has 0 saturated heterocycles. The molecule has 10 heteroatoms. The number of alkyl carbamates (subject to hydrolysis) is 1. The highest BCUT2D eigenvalue weighted by molar-refractivity contribution is 7.80. The molecule has 1 aromatic rings. The first-order valence-electron chi connectivity index (χ1n) is 13.3. The first-order chi connectivity index (χ1) is 17.8. The van der Waals surface area contributed by atoms with Gasteiger partial charge in [-0.3, -0.25) is 14.4 Å². The van der Waals surface area contributed by atoms with Crippen molar-refractivity contribution in [2.75, 3.05) is 25.4 Å². The van der Waals surface area contributed by atoms with E-state index in [0.29, 0.717) is 18.5 Å². The van der Waals surface area contributed by atoms with Gasteiger partial charge in [-0.1, -0.05) is 43.5 Å². The Kier molecular flexibility index (Phi) is 14.2. The smallest absolute Gasteiger partial charge is 0.408 e. The maximum absolute atomic E-state index is 13.9. The Hall–Kier alpha value is -2.75. The number of thiol groups is 1. The number of hydrogen-bond acceptors (Lipinski definition) is 7. The number of amides is 3. The van der Waals surface area contributed by atoms with Gasteiger partial charge in [-0.25, -0.2) is 4.79 Å². The fourth-order valence-electron chi connectivity index (χ4n) is 3.86. The van der Waals surface area contributed by atoms with Crippen LogP contribution in [-0.2, 0) is 23.9 Å². The Morgan fingerprint density at radius 1 is 1.08 bits per heavy atom. The van der Waals surface area contributed by atoms with Crippen LogP contribution in [0.25, 0.3) is 0 Å². The number of nitrogens with one attached hydrogen (secondary N) is 2. The molecule has 0 aliphatic heterocycles. The molecule has 214 valence electrons. The summed E-state index contributed by atoms with van der Waals surface area (Å²) in [6, 6.07) is 3.77. The molecule has 1 aromatic carbocycles. The molecule has 0 heterocycles. The van der Waals surface area contributed by atoms with Gasteiger partial charge in [-0.05, 0) is 59.1 Å². The largest absolute Gasteiger partial charge is 0.466 e. The summed E-state index contributed by atoms with van der Waals surface area (Å²) in [5.74, 6) is -1.24. The minimum absolute atomic E-state index is 0.0162. The Morgan fingerprint density at radius 3 is 2.34 bits per heavy atom. The molecule has 0 aliphatic carbocycles. The van der Waals surface area contributed by atoms with Crippen LogP contribution in [0, 0.1) is 13.8 Å². The van der Waals surface area contributed by atoms with Crippen molar-refractivity contribution in [3.05, 3.63) is 34.9 Å². The number of benzene rings is 1. The molecule has 0 fully saturated rings. The zero-order valence-corrected chi connectivity index (χ0v) is 24.8. The Morgan fingerprint density at radius 2 is 1.76 bits per heavy atom. The van der Waals surface area contributed by atoms with E-state index in [4.69, 9.17) is 9.47 Å². The van der Waals surface area contributed by atoms with Crippen molar-refractivity contribution in [3.8, 4) is 0 Å². The number of rotatable bonds is 14. The molecule has 1 rings (SSSR count). The lowest BCUT2D eigenvalue weighted by atomic mass is 9.96. The molecule has 9 nitrogen and oxygen atoms in total. The fourth-order valence-corrected chi connectivity index (χ4v) is 4.10. The van der Waals surface area contributed by atoms with Crippen molar-refractivity contribution in [1.29, 1.82) is 0 Å². The van der Waals surface area contributed by atoms with E-state index in [9.17, 15) is 19.2 Å². The molecule has 0 radical (unpaired) electrons. The monoisotopic (exact) mass is 551 g/mol. The second-order valence-corrected chi connectivity index (χ2v) is 10.6. The van der Waals surface area contributed by atoms with E-state index in [1.54, 1.807) is 27.7 Å². The number of carbonyl (C=O) groups excluding carboxylic acids is 4. The number of hydrogen-bond donors (Lipinski definition) is 3. The van der Waals surface area contributed by atoms with E-state index in [1.165, 1.54) is 4.90 Å². The van der Waals surface area contributed by atoms with Crippen LogP contribution in [0.15, 0.2) is 18.2 Å². The summed E-state index contributed by atoms with van der Waals surface area (Å²) < 4.78 is 10.3. The Bertz CT molecular complexity index is 947. The molecule has 2 atom stereocenters. The van der Waals surface area contributed by atoms with Crippen molar-refractivity contribution in [1.82, 2.24) is 15.5 Å². The van der Waals surface area contributed by atoms with E-state index < -0.39 is 41.6 Å². The van der Waals surface area contributed by atoms with Gasteiger partial charge in [-0.15, -0.1) is 0 Å². The fraction of sp³-hybridized carbons (Fsp3) is 0.643. The average Bonchev–Trinajstić information content (AvgIpc) is 2.82. The third-order valence-corrected chi connectivity index (χ3v) is 6.05. The van der Waals surface area contributed by atoms with E-state index >= 15 is 0 Å². The van der Waals surface area contributed by atoms with Gasteiger partial charge in [0.25, 0.3) is 0 Å². The quantitative estimate of drug-likeness (QED) is 0.181. The number of nitrogens with zero attached hydrogens (tertiary/aromatic N) is 1. The van der Waals surface area contributed by atoms with Crippen LogP contribution < -0.4 is 10.6 Å². The van der Waals surface area contributed by atoms with Crippen molar-refractivity contribution < 1.29 is 28.7 Å². The number of esters is 1. The van der Waals surface area contributed by atoms with E-state index in [1.807, 2.05) is 32.0 Å².